The molecule has 1 fully saturated rings. The first kappa shape index (κ1) is 19.5. The van der Waals surface area contributed by atoms with Gasteiger partial charge >= 0.3 is 6.03 Å². The molecule has 0 aromatic heterocycles. The number of hydrogen-bond donors (Lipinski definition) is 1. The Kier molecular flexibility index (Phi) is 7.05. The van der Waals surface area contributed by atoms with Crippen LogP contribution in [0.25, 0.3) is 0 Å². The van der Waals surface area contributed by atoms with Crippen LogP contribution in [0.2, 0.25) is 5.02 Å². The van der Waals surface area contributed by atoms with Crippen molar-refractivity contribution in [1.82, 2.24) is 9.80 Å². The average molecular weight is 370 g/mol. The van der Waals surface area contributed by atoms with E-state index in [0.717, 1.165) is 25.5 Å². The summed E-state index contributed by atoms with van der Waals surface area (Å²) >= 11 is 5.71. The monoisotopic (exact) mass is 369 g/mol. The highest BCUT2D eigenvalue weighted by Gasteiger charge is 2.29. The van der Waals surface area contributed by atoms with Crippen LogP contribution < -0.4 is 5.32 Å². The van der Waals surface area contributed by atoms with Crippen LogP contribution in [0.1, 0.15) is 32.6 Å². The van der Waals surface area contributed by atoms with Gasteiger partial charge in [0.2, 0.25) is 5.91 Å². The SMILES string of the molecule is CCCCN(C)C(=O)C1CCN(C(=O)Nc2ccc(Cl)cc2F)CC1. The molecule has 5 nitrogen and oxygen atoms in total. The Hall–Kier alpha value is -1.82. The van der Waals surface area contributed by atoms with E-state index < -0.39 is 5.82 Å². The van der Waals surface area contributed by atoms with Crippen molar-refractivity contribution in [1.29, 1.82) is 0 Å². The van der Waals surface area contributed by atoms with Crippen LogP contribution in [0, 0.1) is 11.7 Å². The Morgan fingerprint density at radius 2 is 2.04 bits per heavy atom. The normalized spacial score (nSPS) is 15.1. The van der Waals surface area contributed by atoms with Gasteiger partial charge in [-0.3, -0.25) is 4.79 Å². The minimum Gasteiger partial charge on any atom is -0.346 e. The number of unbranched alkanes of at least 4 members (excludes halogenated alkanes) is 1. The van der Waals surface area contributed by atoms with Gasteiger partial charge in [0.15, 0.2) is 0 Å². The molecule has 1 heterocycles. The fourth-order valence-corrected chi connectivity index (χ4v) is 3.09. The Morgan fingerprint density at radius 3 is 2.64 bits per heavy atom. The number of carbonyl (C=O) groups excluding carboxylic acids is 2. The highest BCUT2D eigenvalue weighted by atomic mass is 35.5. The van der Waals surface area contributed by atoms with E-state index in [1.165, 1.54) is 12.1 Å². The van der Waals surface area contributed by atoms with Gasteiger partial charge in [-0.25, -0.2) is 9.18 Å². The second kappa shape index (κ2) is 9.04. The first-order valence-electron chi connectivity index (χ1n) is 8.68. The molecule has 1 aliphatic rings. The van der Waals surface area contributed by atoms with Crippen LogP contribution in [0.5, 0.6) is 0 Å². The number of halogens is 2. The molecule has 2 rings (SSSR count). The summed E-state index contributed by atoms with van der Waals surface area (Å²) in [5.74, 6) is -0.459. The fraction of sp³-hybridized carbons (Fsp3) is 0.556. The fourth-order valence-electron chi connectivity index (χ4n) is 2.93. The maximum Gasteiger partial charge on any atom is 0.321 e. The molecule has 1 aromatic rings. The van der Waals surface area contributed by atoms with Gasteiger partial charge in [0.1, 0.15) is 5.82 Å². The van der Waals surface area contributed by atoms with Gasteiger partial charge < -0.3 is 15.1 Å². The highest BCUT2D eigenvalue weighted by molar-refractivity contribution is 6.30. The lowest BCUT2D eigenvalue weighted by atomic mass is 9.95. The Bertz CT molecular complexity index is 618. The lowest BCUT2D eigenvalue weighted by molar-refractivity contribution is -0.135. The minimum absolute atomic E-state index is 0.0434. The van der Waals surface area contributed by atoms with Crippen molar-refractivity contribution >= 4 is 29.2 Å². The van der Waals surface area contributed by atoms with E-state index in [1.54, 1.807) is 9.80 Å². The van der Waals surface area contributed by atoms with Crippen molar-refractivity contribution in [2.45, 2.75) is 32.6 Å². The Balaban J connectivity index is 1.84. The van der Waals surface area contributed by atoms with E-state index in [-0.39, 0.29) is 28.6 Å². The molecule has 0 unspecified atom stereocenters. The van der Waals surface area contributed by atoms with Crippen LogP contribution in [0.3, 0.4) is 0 Å². The number of urea groups is 1. The van der Waals surface area contributed by atoms with Crippen molar-refractivity contribution in [3.63, 3.8) is 0 Å². The molecule has 7 heteroatoms. The molecule has 0 saturated carbocycles. The molecule has 0 atom stereocenters. The average Bonchev–Trinajstić information content (AvgIpc) is 2.61. The van der Waals surface area contributed by atoms with E-state index in [4.69, 9.17) is 11.6 Å². The molecular weight excluding hydrogens is 345 g/mol. The highest BCUT2D eigenvalue weighted by Crippen LogP contribution is 2.22. The zero-order valence-corrected chi connectivity index (χ0v) is 15.5. The summed E-state index contributed by atoms with van der Waals surface area (Å²) in [5.41, 5.74) is 0.104. The lowest BCUT2D eigenvalue weighted by Crippen LogP contribution is -2.45. The number of carbonyl (C=O) groups is 2. The van der Waals surface area contributed by atoms with Gasteiger partial charge in [-0.1, -0.05) is 24.9 Å². The molecule has 138 valence electrons. The van der Waals surface area contributed by atoms with Crippen LogP contribution in [-0.4, -0.2) is 48.4 Å². The number of hydrogen-bond acceptors (Lipinski definition) is 2. The van der Waals surface area contributed by atoms with Gasteiger partial charge in [-0.15, -0.1) is 0 Å². The summed E-state index contributed by atoms with van der Waals surface area (Å²) in [5, 5.41) is 2.84. The third-order valence-corrected chi connectivity index (χ3v) is 4.76. The van der Waals surface area contributed by atoms with Crippen LogP contribution >= 0.6 is 11.6 Å². The van der Waals surface area contributed by atoms with Crippen molar-refractivity contribution in [2.75, 3.05) is 32.0 Å². The molecule has 0 aliphatic carbocycles. The smallest absolute Gasteiger partial charge is 0.321 e. The Morgan fingerprint density at radius 1 is 1.36 bits per heavy atom. The van der Waals surface area contributed by atoms with Gasteiger partial charge in [0, 0.05) is 37.6 Å². The molecule has 3 amide bonds. The van der Waals surface area contributed by atoms with Crippen molar-refractivity contribution in [3.05, 3.63) is 29.0 Å². The predicted molar refractivity (Wildman–Crippen MR) is 97.3 cm³/mol. The molecule has 0 bridgehead atoms. The van der Waals surface area contributed by atoms with Crippen molar-refractivity contribution < 1.29 is 14.0 Å². The van der Waals surface area contributed by atoms with Gasteiger partial charge in [-0.05, 0) is 37.5 Å². The zero-order chi connectivity index (χ0) is 18.4. The van der Waals surface area contributed by atoms with E-state index in [1.807, 2.05) is 7.05 Å². The largest absolute Gasteiger partial charge is 0.346 e. The number of piperidine rings is 1. The quantitative estimate of drug-likeness (QED) is 0.853. The number of rotatable bonds is 5. The standard InChI is InChI=1S/C18H25ClFN3O2/c1-3-4-9-22(2)17(24)13-7-10-23(11-8-13)18(25)21-16-6-5-14(19)12-15(16)20/h5-6,12-13H,3-4,7-11H2,1-2H3,(H,21,25). The van der Waals surface area contributed by atoms with E-state index in [0.29, 0.717) is 25.9 Å². The third-order valence-electron chi connectivity index (χ3n) is 4.53. The molecular formula is C18H25ClFN3O2. The van der Waals surface area contributed by atoms with Gasteiger partial charge in [-0.2, -0.15) is 0 Å². The number of benzene rings is 1. The Labute approximate surface area is 153 Å². The maximum atomic E-state index is 13.8. The first-order valence-corrected chi connectivity index (χ1v) is 9.06. The lowest BCUT2D eigenvalue weighted by Gasteiger charge is -2.33. The summed E-state index contributed by atoms with van der Waals surface area (Å²) in [4.78, 5) is 28.1. The number of amides is 3. The third kappa shape index (κ3) is 5.33. The summed E-state index contributed by atoms with van der Waals surface area (Å²) in [7, 11) is 1.83. The van der Waals surface area contributed by atoms with E-state index in [2.05, 4.69) is 12.2 Å². The summed E-state index contributed by atoms with van der Waals surface area (Å²) < 4.78 is 13.8. The van der Waals surface area contributed by atoms with E-state index >= 15 is 0 Å². The number of likely N-dealkylation sites (tertiary alicyclic amines) is 1. The molecule has 0 spiro atoms. The summed E-state index contributed by atoms with van der Waals surface area (Å²) in [6, 6.07) is 3.77. The summed E-state index contributed by atoms with van der Waals surface area (Å²) in [6.07, 6.45) is 3.31. The van der Waals surface area contributed by atoms with Crippen molar-refractivity contribution in [2.24, 2.45) is 5.92 Å². The second-order valence-electron chi connectivity index (χ2n) is 6.43. The minimum atomic E-state index is -0.566. The molecule has 0 radical (unpaired) electrons. The van der Waals surface area contributed by atoms with Crippen LogP contribution in [0.15, 0.2) is 18.2 Å². The maximum absolute atomic E-state index is 13.8. The van der Waals surface area contributed by atoms with Gasteiger partial charge in [0.25, 0.3) is 0 Å². The molecule has 1 N–H and O–H groups in total. The first-order chi connectivity index (χ1) is 11.9. The van der Waals surface area contributed by atoms with Crippen molar-refractivity contribution in [3.8, 4) is 0 Å². The predicted octanol–water partition coefficient (Wildman–Crippen LogP) is 3.98. The number of anilines is 1. The van der Waals surface area contributed by atoms with Crippen LogP contribution in [0.4, 0.5) is 14.9 Å². The zero-order valence-electron chi connectivity index (χ0n) is 14.7. The molecule has 1 saturated heterocycles. The van der Waals surface area contributed by atoms with Crippen LogP contribution in [-0.2, 0) is 4.79 Å². The topological polar surface area (TPSA) is 52.7 Å². The van der Waals surface area contributed by atoms with E-state index in [9.17, 15) is 14.0 Å². The van der Waals surface area contributed by atoms with Gasteiger partial charge in [0.05, 0.1) is 5.69 Å². The molecule has 1 aliphatic heterocycles. The summed E-state index contributed by atoms with van der Waals surface area (Å²) in [6.45, 7) is 3.84. The number of nitrogens with zero attached hydrogens (tertiary/aromatic N) is 2. The number of nitrogens with one attached hydrogen (secondary N) is 1. The molecule has 25 heavy (non-hydrogen) atoms. The second-order valence-corrected chi connectivity index (χ2v) is 6.87. The molecule has 1 aromatic carbocycles.